The second kappa shape index (κ2) is 4.52. The summed E-state index contributed by atoms with van der Waals surface area (Å²) in [5, 5.41) is 3.28. The van der Waals surface area contributed by atoms with Crippen LogP contribution in [0, 0.1) is 5.41 Å². The summed E-state index contributed by atoms with van der Waals surface area (Å²) in [6.07, 6.45) is 1.01. The molecule has 108 valence electrons. The van der Waals surface area contributed by atoms with Crippen molar-refractivity contribution in [2.45, 2.75) is 31.2 Å². The molecule has 1 saturated carbocycles. The zero-order chi connectivity index (χ0) is 14.4. The summed E-state index contributed by atoms with van der Waals surface area (Å²) in [6, 6.07) is 6.90. The molecule has 1 spiro atoms. The van der Waals surface area contributed by atoms with Gasteiger partial charge in [-0.15, -0.1) is 0 Å². The van der Waals surface area contributed by atoms with Gasteiger partial charge in [0, 0.05) is 17.9 Å². The molecule has 0 radical (unpaired) electrons. The fourth-order valence-corrected chi connectivity index (χ4v) is 3.13. The SMILES string of the molecule is COC(=O)c1ccc([C@@H]2CC3(CCN2)CC3(F)F)cc1. The number of nitrogens with one attached hydrogen (secondary N) is 1. The van der Waals surface area contributed by atoms with Gasteiger partial charge in [0.15, 0.2) is 0 Å². The fourth-order valence-electron chi connectivity index (χ4n) is 3.13. The molecule has 2 aliphatic rings. The van der Waals surface area contributed by atoms with Crippen LogP contribution < -0.4 is 5.32 Å². The summed E-state index contributed by atoms with van der Waals surface area (Å²) in [6.45, 7) is 0.610. The van der Waals surface area contributed by atoms with Crippen LogP contribution in [0.5, 0.6) is 0 Å². The van der Waals surface area contributed by atoms with E-state index in [-0.39, 0.29) is 12.5 Å². The number of carbonyl (C=O) groups excluding carboxylic acids is 1. The number of benzene rings is 1. The van der Waals surface area contributed by atoms with E-state index in [0.717, 1.165) is 5.56 Å². The lowest BCUT2D eigenvalue weighted by atomic mass is 9.85. The minimum absolute atomic E-state index is 0.0123. The van der Waals surface area contributed by atoms with E-state index in [1.54, 1.807) is 12.1 Å². The molecule has 2 fully saturated rings. The molecule has 1 aliphatic heterocycles. The molecule has 1 N–H and O–H groups in total. The van der Waals surface area contributed by atoms with Gasteiger partial charge >= 0.3 is 5.97 Å². The molecule has 20 heavy (non-hydrogen) atoms. The predicted octanol–water partition coefficient (Wildman–Crippen LogP) is 2.92. The smallest absolute Gasteiger partial charge is 0.337 e. The second-order valence-electron chi connectivity index (χ2n) is 5.74. The zero-order valence-corrected chi connectivity index (χ0v) is 11.3. The van der Waals surface area contributed by atoms with Gasteiger partial charge in [-0.2, -0.15) is 0 Å². The average molecular weight is 281 g/mol. The third-order valence-electron chi connectivity index (χ3n) is 4.53. The van der Waals surface area contributed by atoms with E-state index < -0.39 is 17.3 Å². The Morgan fingerprint density at radius 3 is 2.55 bits per heavy atom. The van der Waals surface area contributed by atoms with Crippen LogP contribution >= 0.6 is 0 Å². The molecule has 1 aliphatic carbocycles. The molecule has 5 heteroatoms. The number of alkyl halides is 2. The number of hydrogen-bond acceptors (Lipinski definition) is 3. The van der Waals surface area contributed by atoms with Crippen LogP contribution in [0.1, 0.15) is 41.2 Å². The molecule has 3 nitrogen and oxygen atoms in total. The number of halogens is 2. The number of esters is 1. The third-order valence-corrected chi connectivity index (χ3v) is 4.53. The van der Waals surface area contributed by atoms with Gasteiger partial charge in [0.2, 0.25) is 0 Å². The van der Waals surface area contributed by atoms with Gasteiger partial charge in [0.1, 0.15) is 0 Å². The van der Waals surface area contributed by atoms with E-state index in [4.69, 9.17) is 0 Å². The highest BCUT2D eigenvalue weighted by Crippen LogP contribution is 2.67. The van der Waals surface area contributed by atoms with Gasteiger partial charge in [-0.05, 0) is 37.1 Å². The normalized spacial score (nSPS) is 31.1. The topological polar surface area (TPSA) is 38.3 Å². The summed E-state index contributed by atoms with van der Waals surface area (Å²) < 4.78 is 31.6. The van der Waals surface area contributed by atoms with Crippen LogP contribution in [-0.4, -0.2) is 25.5 Å². The van der Waals surface area contributed by atoms with E-state index in [0.29, 0.717) is 24.9 Å². The molecule has 1 unspecified atom stereocenters. The van der Waals surface area contributed by atoms with Crippen molar-refractivity contribution in [1.82, 2.24) is 5.32 Å². The summed E-state index contributed by atoms with van der Waals surface area (Å²) in [5.41, 5.74) is 0.613. The first-order chi connectivity index (χ1) is 9.47. The van der Waals surface area contributed by atoms with Crippen molar-refractivity contribution in [1.29, 1.82) is 0 Å². The number of rotatable bonds is 2. The molecule has 1 heterocycles. The van der Waals surface area contributed by atoms with Crippen molar-refractivity contribution in [2.24, 2.45) is 5.41 Å². The molecule has 0 aromatic heterocycles. The minimum atomic E-state index is -2.50. The Hall–Kier alpha value is -1.49. The molecule has 0 bridgehead atoms. The van der Waals surface area contributed by atoms with E-state index in [1.807, 2.05) is 12.1 Å². The van der Waals surface area contributed by atoms with Gasteiger partial charge < -0.3 is 10.1 Å². The first kappa shape index (κ1) is 13.5. The van der Waals surface area contributed by atoms with E-state index in [1.165, 1.54) is 7.11 Å². The van der Waals surface area contributed by atoms with E-state index in [9.17, 15) is 13.6 Å². The summed E-state index contributed by atoms with van der Waals surface area (Å²) in [5.74, 6) is -2.89. The lowest BCUT2D eigenvalue weighted by molar-refractivity contribution is 0.0433. The fraction of sp³-hybridized carbons (Fsp3) is 0.533. The predicted molar refractivity (Wildman–Crippen MR) is 69.8 cm³/mol. The molecule has 0 amide bonds. The van der Waals surface area contributed by atoms with Crippen molar-refractivity contribution in [3.8, 4) is 0 Å². The minimum Gasteiger partial charge on any atom is -0.465 e. The molecular formula is C15H17F2NO2. The number of methoxy groups -OCH3 is 1. The Bertz CT molecular complexity index is 529. The maximum absolute atomic E-state index is 13.5. The quantitative estimate of drug-likeness (QED) is 0.847. The van der Waals surface area contributed by atoms with Crippen LogP contribution in [0.15, 0.2) is 24.3 Å². The standard InChI is InChI=1S/C15H17F2NO2/c1-20-13(19)11-4-2-10(3-5-11)12-8-14(6-7-18-12)9-15(14,16)17/h2-5,12,18H,6-9H2,1H3/t12-,14?/m0/s1. The molecule has 1 saturated heterocycles. The Balaban J connectivity index is 1.75. The highest BCUT2D eigenvalue weighted by Gasteiger charge is 2.71. The molecule has 3 rings (SSSR count). The second-order valence-corrected chi connectivity index (χ2v) is 5.74. The maximum atomic E-state index is 13.5. The Labute approximate surface area is 116 Å². The zero-order valence-electron chi connectivity index (χ0n) is 11.3. The number of carbonyl (C=O) groups is 1. The van der Waals surface area contributed by atoms with Crippen molar-refractivity contribution < 1.29 is 18.3 Å². The first-order valence-electron chi connectivity index (χ1n) is 6.77. The van der Waals surface area contributed by atoms with Gasteiger partial charge in [-0.1, -0.05) is 12.1 Å². The Morgan fingerprint density at radius 1 is 1.35 bits per heavy atom. The van der Waals surface area contributed by atoms with Crippen molar-refractivity contribution in [3.05, 3.63) is 35.4 Å². The van der Waals surface area contributed by atoms with Crippen molar-refractivity contribution in [2.75, 3.05) is 13.7 Å². The highest BCUT2D eigenvalue weighted by molar-refractivity contribution is 5.89. The molecular weight excluding hydrogens is 264 g/mol. The lowest BCUT2D eigenvalue weighted by Gasteiger charge is -2.31. The van der Waals surface area contributed by atoms with Gasteiger partial charge in [0.05, 0.1) is 12.7 Å². The number of ether oxygens (including phenoxy) is 1. The Morgan fingerprint density at radius 2 is 2.00 bits per heavy atom. The van der Waals surface area contributed by atoms with Crippen molar-refractivity contribution in [3.63, 3.8) is 0 Å². The molecule has 1 aromatic carbocycles. The van der Waals surface area contributed by atoms with Gasteiger partial charge in [-0.25, -0.2) is 13.6 Å². The Kier molecular flexibility index (Phi) is 3.05. The number of hydrogen-bond donors (Lipinski definition) is 1. The summed E-state index contributed by atoms with van der Waals surface area (Å²) in [4.78, 5) is 11.4. The van der Waals surface area contributed by atoms with Crippen molar-refractivity contribution >= 4 is 5.97 Å². The van der Waals surface area contributed by atoms with Crippen LogP contribution in [0.2, 0.25) is 0 Å². The average Bonchev–Trinajstić information content (AvgIpc) is 2.97. The van der Waals surface area contributed by atoms with Crippen LogP contribution in [0.25, 0.3) is 0 Å². The first-order valence-corrected chi connectivity index (χ1v) is 6.77. The molecule has 1 aromatic rings. The largest absolute Gasteiger partial charge is 0.465 e. The van der Waals surface area contributed by atoms with Crippen LogP contribution in [-0.2, 0) is 4.74 Å². The third kappa shape index (κ3) is 2.10. The van der Waals surface area contributed by atoms with Crippen LogP contribution in [0.3, 0.4) is 0 Å². The summed E-state index contributed by atoms with van der Waals surface area (Å²) in [7, 11) is 1.33. The molecule has 2 atom stereocenters. The van der Waals surface area contributed by atoms with E-state index in [2.05, 4.69) is 10.1 Å². The van der Waals surface area contributed by atoms with E-state index >= 15 is 0 Å². The van der Waals surface area contributed by atoms with Crippen LogP contribution in [0.4, 0.5) is 8.78 Å². The monoisotopic (exact) mass is 281 g/mol. The maximum Gasteiger partial charge on any atom is 0.337 e. The number of piperidine rings is 1. The van der Waals surface area contributed by atoms with Gasteiger partial charge in [-0.3, -0.25) is 0 Å². The summed E-state index contributed by atoms with van der Waals surface area (Å²) >= 11 is 0. The highest BCUT2D eigenvalue weighted by atomic mass is 19.3. The lowest BCUT2D eigenvalue weighted by Crippen LogP contribution is -2.35. The van der Waals surface area contributed by atoms with Gasteiger partial charge in [0.25, 0.3) is 5.92 Å².